The molecule has 6 rings (SSSR count). The minimum Gasteiger partial charge on any atom is -0.490 e. The van der Waals surface area contributed by atoms with Crippen molar-refractivity contribution in [3.05, 3.63) is 65.5 Å². The Hall–Kier alpha value is -3.82. The summed E-state index contributed by atoms with van der Waals surface area (Å²) in [5.74, 6) is 1.40. The summed E-state index contributed by atoms with van der Waals surface area (Å²) in [7, 11) is 2.09. The van der Waals surface area contributed by atoms with Gasteiger partial charge in [0, 0.05) is 62.3 Å². The Morgan fingerprint density at radius 2 is 1.73 bits per heavy atom. The fourth-order valence-electron chi connectivity index (χ4n) is 5.84. The maximum atomic E-state index is 13.1. The zero-order valence-corrected chi connectivity index (χ0v) is 23.6. The molecule has 3 heterocycles. The normalized spacial score (nSPS) is 21.4. The van der Waals surface area contributed by atoms with E-state index in [1.165, 1.54) is 0 Å². The first-order chi connectivity index (χ1) is 20.0. The number of aliphatic hydroxyl groups excluding tert-OH is 1. The number of amides is 1. The number of fused-ring (bicyclic) bond motifs is 1. The summed E-state index contributed by atoms with van der Waals surface area (Å²) in [6, 6.07) is 11.8. The molecule has 1 aromatic carbocycles. The maximum Gasteiger partial charge on any atom is 0.250 e. The Morgan fingerprint density at radius 1 is 0.951 bits per heavy atom. The maximum absolute atomic E-state index is 13.1. The number of piperazine rings is 1. The number of nitrogens with one attached hydrogen (secondary N) is 1. The van der Waals surface area contributed by atoms with Gasteiger partial charge in [-0.05, 0) is 87.0 Å². The first-order valence-electron chi connectivity index (χ1n) is 14.7. The van der Waals surface area contributed by atoms with E-state index < -0.39 is 0 Å². The molecule has 0 unspecified atom stereocenters. The van der Waals surface area contributed by atoms with Gasteiger partial charge < -0.3 is 25.0 Å². The van der Waals surface area contributed by atoms with Crippen molar-refractivity contribution in [2.24, 2.45) is 0 Å². The van der Waals surface area contributed by atoms with E-state index in [1.807, 2.05) is 35.2 Å². The van der Waals surface area contributed by atoms with Crippen LogP contribution in [0.2, 0.25) is 0 Å². The van der Waals surface area contributed by atoms with Crippen LogP contribution in [0, 0.1) is 0 Å². The van der Waals surface area contributed by atoms with Gasteiger partial charge in [-0.25, -0.2) is 9.97 Å². The number of carbonyl (C=O) groups is 1. The molecule has 2 aromatic heterocycles. The molecule has 0 spiro atoms. The molecule has 3 aromatic rings. The van der Waals surface area contributed by atoms with Crippen LogP contribution in [-0.4, -0.2) is 81.2 Å². The van der Waals surface area contributed by atoms with Crippen molar-refractivity contribution in [2.45, 2.75) is 57.2 Å². The summed E-state index contributed by atoms with van der Waals surface area (Å²) in [4.78, 5) is 31.0. The molecule has 0 bridgehead atoms. The molecule has 2 N–H and O–H groups in total. The lowest BCUT2D eigenvalue weighted by molar-refractivity contribution is -0.128. The van der Waals surface area contributed by atoms with Crippen LogP contribution < -0.4 is 10.1 Å². The number of anilines is 2. The number of nitrogens with zero attached hydrogens (tertiary/aromatic N) is 5. The van der Waals surface area contributed by atoms with Gasteiger partial charge in [-0.15, -0.1) is 0 Å². The van der Waals surface area contributed by atoms with Gasteiger partial charge in [0.15, 0.2) is 0 Å². The topological polar surface area (TPSA) is 104 Å². The van der Waals surface area contributed by atoms with Crippen molar-refractivity contribution in [3.8, 4) is 17.1 Å². The first kappa shape index (κ1) is 27.4. The number of hydrogen-bond donors (Lipinski definition) is 2. The number of likely N-dealkylation sites (N-methyl/N-ethyl adjacent to an activating group) is 1. The quantitative estimate of drug-likeness (QED) is 0.461. The van der Waals surface area contributed by atoms with E-state index in [2.05, 4.69) is 39.4 Å². The third-order valence-corrected chi connectivity index (χ3v) is 8.26. The molecule has 3 aliphatic rings. The lowest BCUT2D eigenvalue weighted by Crippen LogP contribution is -2.47. The summed E-state index contributed by atoms with van der Waals surface area (Å²) in [5.41, 5.74) is 5.35. The molecular formula is C32H38N6O3. The molecule has 1 aliphatic heterocycles. The van der Waals surface area contributed by atoms with Crippen molar-refractivity contribution in [1.29, 1.82) is 0 Å². The number of aliphatic hydroxyl groups is 1. The molecule has 214 valence electrons. The molecule has 9 heteroatoms. The van der Waals surface area contributed by atoms with Crippen molar-refractivity contribution < 1.29 is 14.6 Å². The number of aromatic nitrogens is 3. The minimum absolute atomic E-state index is 0.145. The van der Waals surface area contributed by atoms with Crippen LogP contribution in [0.5, 0.6) is 5.75 Å². The molecule has 2 fully saturated rings. The highest BCUT2D eigenvalue weighted by Crippen LogP contribution is 2.30. The van der Waals surface area contributed by atoms with E-state index in [0.29, 0.717) is 18.1 Å². The monoisotopic (exact) mass is 554 g/mol. The van der Waals surface area contributed by atoms with E-state index in [0.717, 1.165) is 98.5 Å². The van der Waals surface area contributed by atoms with Crippen molar-refractivity contribution in [1.82, 2.24) is 24.8 Å². The first-order valence-corrected chi connectivity index (χ1v) is 14.7. The van der Waals surface area contributed by atoms with E-state index in [-0.39, 0.29) is 18.1 Å². The molecule has 0 atom stereocenters. The zero-order chi connectivity index (χ0) is 28.2. The summed E-state index contributed by atoms with van der Waals surface area (Å²) in [6.07, 6.45) is 11.6. The van der Waals surface area contributed by atoms with Gasteiger partial charge in [0.25, 0.3) is 0 Å². The average molecular weight is 555 g/mol. The third kappa shape index (κ3) is 6.74. The number of rotatable bonds is 6. The van der Waals surface area contributed by atoms with Gasteiger partial charge in [0.2, 0.25) is 11.9 Å². The van der Waals surface area contributed by atoms with Gasteiger partial charge in [-0.1, -0.05) is 6.07 Å². The van der Waals surface area contributed by atoms with Crippen LogP contribution in [0.25, 0.3) is 17.5 Å². The van der Waals surface area contributed by atoms with Crippen LogP contribution in [0.4, 0.5) is 11.6 Å². The molecule has 1 saturated carbocycles. The predicted octanol–water partition coefficient (Wildman–Crippen LogP) is 4.46. The average Bonchev–Trinajstić information content (AvgIpc) is 3.40. The van der Waals surface area contributed by atoms with Crippen molar-refractivity contribution in [2.75, 3.05) is 38.5 Å². The lowest BCUT2D eigenvalue weighted by atomic mass is 9.96. The van der Waals surface area contributed by atoms with Gasteiger partial charge in [0.1, 0.15) is 5.75 Å². The summed E-state index contributed by atoms with van der Waals surface area (Å²) in [6.45, 7) is 3.38. The SMILES string of the molecule is CN1CCN(C(=O)C2=Cc3cc(Nc4nccc(-c5cc(OC6CCCC(O)CCC6)ccn5)n4)ccc3C2)CC1. The highest BCUT2D eigenvalue weighted by molar-refractivity contribution is 6.00. The Bertz CT molecular complexity index is 1410. The van der Waals surface area contributed by atoms with E-state index in [4.69, 9.17) is 9.72 Å². The van der Waals surface area contributed by atoms with Crippen molar-refractivity contribution >= 4 is 23.6 Å². The molecular weight excluding hydrogens is 516 g/mol. The second kappa shape index (κ2) is 12.4. The standard InChI is InChI=1S/C32H38N6O3/c1-37-14-16-38(17-15-37)31(40)24-18-22-8-9-25(20-23(22)19-24)35-32-34-13-11-29(36-32)30-21-28(10-12-33-30)41-27-6-2-4-26(39)5-3-7-27/h8-13,19-21,26-27,39H,2-7,14-18H2,1H3,(H,34,35,36). The van der Waals surface area contributed by atoms with Crippen molar-refractivity contribution in [3.63, 3.8) is 0 Å². The highest BCUT2D eigenvalue weighted by atomic mass is 16.5. The number of hydrogen-bond acceptors (Lipinski definition) is 8. The molecule has 1 amide bonds. The molecule has 1 saturated heterocycles. The second-order valence-electron chi connectivity index (χ2n) is 11.4. The van der Waals surface area contributed by atoms with E-state index in [1.54, 1.807) is 12.4 Å². The number of benzene rings is 1. The van der Waals surface area contributed by atoms with Crippen LogP contribution in [0.1, 0.15) is 49.7 Å². The fraction of sp³-hybridized carbons (Fsp3) is 0.438. The summed E-state index contributed by atoms with van der Waals surface area (Å²) in [5, 5.41) is 13.2. The molecule has 0 radical (unpaired) electrons. The molecule has 9 nitrogen and oxygen atoms in total. The van der Waals surface area contributed by atoms with E-state index in [9.17, 15) is 9.90 Å². The largest absolute Gasteiger partial charge is 0.490 e. The third-order valence-electron chi connectivity index (χ3n) is 8.26. The van der Waals surface area contributed by atoms with Gasteiger partial charge >= 0.3 is 0 Å². The zero-order valence-electron chi connectivity index (χ0n) is 23.6. The Labute approximate surface area is 241 Å². The Balaban J connectivity index is 1.12. The van der Waals surface area contributed by atoms with Crippen LogP contribution in [0.15, 0.2) is 54.4 Å². The molecule has 41 heavy (non-hydrogen) atoms. The summed E-state index contributed by atoms with van der Waals surface area (Å²) >= 11 is 0. The van der Waals surface area contributed by atoms with E-state index >= 15 is 0 Å². The van der Waals surface area contributed by atoms with Gasteiger partial charge in [-0.2, -0.15) is 0 Å². The van der Waals surface area contributed by atoms with Gasteiger partial charge in [-0.3, -0.25) is 9.78 Å². The van der Waals surface area contributed by atoms with Crippen LogP contribution in [0.3, 0.4) is 0 Å². The van der Waals surface area contributed by atoms with Gasteiger partial charge in [0.05, 0.1) is 23.6 Å². The number of carbonyl (C=O) groups excluding carboxylic acids is 1. The minimum atomic E-state index is -0.175. The smallest absolute Gasteiger partial charge is 0.250 e. The van der Waals surface area contributed by atoms with Crippen LogP contribution in [-0.2, 0) is 11.2 Å². The Kier molecular flexibility index (Phi) is 8.25. The predicted molar refractivity (Wildman–Crippen MR) is 159 cm³/mol. The fourth-order valence-corrected chi connectivity index (χ4v) is 5.84. The number of pyridine rings is 1. The highest BCUT2D eigenvalue weighted by Gasteiger charge is 2.25. The second-order valence-corrected chi connectivity index (χ2v) is 11.4. The number of ether oxygens (including phenoxy) is 1. The lowest BCUT2D eigenvalue weighted by Gasteiger charge is -2.32. The van der Waals surface area contributed by atoms with Crippen LogP contribution >= 0.6 is 0 Å². The molecule has 2 aliphatic carbocycles. The summed E-state index contributed by atoms with van der Waals surface area (Å²) < 4.78 is 6.31. The Morgan fingerprint density at radius 3 is 2.54 bits per heavy atom.